The van der Waals surface area contributed by atoms with Crippen molar-refractivity contribution in [3.8, 4) is 0 Å². The maximum Gasteiger partial charge on any atom is 0.378 e. The summed E-state index contributed by atoms with van der Waals surface area (Å²) in [6.07, 6.45) is 1.51. The number of nitrogens with zero attached hydrogens (tertiary/aromatic N) is 4. The number of nitrogens with one attached hydrogen (secondary N) is 1. The number of hydrogen-bond donors (Lipinski definition) is 1. The maximum atomic E-state index is 13.7. The molecule has 0 aliphatic carbocycles. The lowest BCUT2D eigenvalue weighted by Crippen LogP contribution is -2.22. The number of esters is 1. The van der Waals surface area contributed by atoms with E-state index in [0.29, 0.717) is 11.8 Å². The number of amides is 1. The molecule has 0 saturated heterocycles. The van der Waals surface area contributed by atoms with Gasteiger partial charge in [-0.1, -0.05) is 0 Å². The van der Waals surface area contributed by atoms with Gasteiger partial charge in [-0.15, -0.1) is 5.10 Å². The summed E-state index contributed by atoms with van der Waals surface area (Å²) in [5, 5.41) is 6.12. The van der Waals surface area contributed by atoms with Crippen molar-refractivity contribution in [1.82, 2.24) is 19.6 Å². The van der Waals surface area contributed by atoms with Crippen molar-refractivity contribution in [3.05, 3.63) is 52.0 Å². The monoisotopic (exact) mass is 425 g/mol. The zero-order valence-electron chi connectivity index (χ0n) is 13.2. The highest BCUT2D eigenvalue weighted by molar-refractivity contribution is 9.10. The molecule has 3 rings (SSSR count). The van der Waals surface area contributed by atoms with Gasteiger partial charge in [0.1, 0.15) is 5.82 Å². The molecular formula is C15H10BrF2N5O3. The number of benzene rings is 1. The number of carbonyl (C=O) groups excluding carboxylic acids is 2. The summed E-state index contributed by atoms with van der Waals surface area (Å²) in [4.78, 5) is 31.6. The van der Waals surface area contributed by atoms with E-state index in [4.69, 9.17) is 4.74 Å². The minimum absolute atomic E-state index is 0.0123. The second kappa shape index (κ2) is 7.12. The van der Waals surface area contributed by atoms with Crippen LogP contribution in [0.4, 0.5) is 14.5 Å². The van der Waals surface area contributed by atoms with E-state index in [-0.39, 0.29) is 21.8 Å². The van der Waals surface area contributed by atoms with Gasteiger partial charge < -0.3 is 10.1 Å². The van der Waals surface area contributed by atoms with E-state index in [1.165, 1.54) is 10.7 Å². The van der Waals surface area contributed by atoms with E-state index in [1.807, 2.05) is 0 Å². The molecule has 1 N–H and O–H groups in total. The van der Waals surface area contributed by atoms with Gasteiger partial charge in [0.15, 0.2) is 12.4 Å². The Bertz CT molecular complexity index is 1000. The number of rotatable bonds is 4. The zero-order valence-corrected chi connectivity index (χ0v) is 14.7. The van der Waals surface area contributed by atoms with E-state index in [0.717, 1.165) is 6.07 Å². The van der Waals surface area contributed by atoms with Gasteiger partial charge in [-0.2, -0.15) is 4.98 Å². The minimum atomic E-state index is -0.972. The minimum Gasteiger partial charge on any atom is -0.450 e. The van der Waals surface area contributed by atoms with Crippen molar-refractivity contribution in [2.45, 2.75) is 6.92 Å². The van der Waals surface area contributed by atoms with Crippen LogP contribution in [0, 0.1) is 18.6 Å². The fourth-order valence-corrected chi connectivity index (χ4v) is 2.53. The third kappa shape index (κ3) is 3.67. The van der Waals surface area contributed by atoms with E-state index >= 15 is 0 Å². The average molecular weight is 426 g/mol. The molecule has 134 valence electrons. The lowest BCUT2D eigenvalue weighted by molar-refractivity contribution is -0.119. The number of ether oxygens (including phenoxy) is 1. The molecule has 0 aliphatic heterocycles. The van der Waals surface area contributed by atoms with Crippen LogP contribution >= 0.6 is 15.9 Å². The molecule has 0 bridgehead atoms. The molecule has 1 aromatic carbocycles. The largest absolute Gasteiger partial charge is 0.450 e. The Morgan fingerprint density at radius 3 is 2.81 bits per heavy atom. The Hall–Kier alpha value is -2.95. The Kier molecular flexibility index (Phi) is 4.89. The van der Waals surface area contributed by atoms with Crippen LogP contribution in [0.15, 0.2) is 28.9 Å². The number of aryl methyl sites for hydroxylation is 1. The van der Waals surface area contributed by atoms with Crippen LogP contribution in [0.3, 0.4) is 0 Å². The van der Waals surface area contributed by atoms with Crippen molar-refractivity contribution in [2.24, 2.45) is 0 Å². The number of carbonyl (C=O) groups is 2. The lowest BCUT2D eigenvalue weighted by Gasteiger charge is -2.08. The standard InChI is InChI=1S/C15H10BrF2N5O3/c1-7-2-3-19-15-21-13(22-23(7)15)14(25)26-6-11(24)20-12-9(16)4-8(17)5-10(12)18/h2-5H,6H2,1H3,(H,20,24). The van der Waals surface area contributed by atoms with Crippen LogP contribution in [0.2, 0.25) is 0 Å². The first kappa shape index (κ1) is 17.9. The average Bonchev–Trinajstić information content (AvgIpc) is 3.01. The summed E-state index contributed by atoms with van der Waals surface area (Å²) < 4.78 is 32.9. The van der Waals surface area contributed by atoms with Gasteiger partial charge in [-0.25, -0.2) is 23.1 Å². The third-order valence-corrected chi connectivity index (χ3v) is 3.84. The summed E-state index contributed by atoms with van der Waals surface area (Å²) in [5.41, 5.74) is 0.439. The summed E-state index contributed by atoms with van der Waals surface area (Å²) in [7, 11) is 0. The second-order valence-corrected chi connectivity index (χ2v) is 5.96. The quantitative estimate of drug-likeness (QED) is 0.643. The molecule has 26 heavy (non-hydrogen) atoms. The van der Waals surface area contributed by atoms with Crippen molar-refractivity contribution in [1.29, 1.82) is 0 Å². The highest BCUT2D eigenvalue weighted by atomic mass is 79.9. The van der Waals surface area contributed by atoms with Crippen molar-refractivity contribution < 1.29 is 23.1 Å². The van der Waals surface area contributed by atoms with Gasteiger partial charge in [0.05, 0.1) is 5.69 Å². The maximum absolute atomic E-state index is 13.7. The first-order valence-electron chi connectivity index (χ1n) is 7.15. The molecule has 0 aliphatic rings. The van der Waals surface area contributed by atoms with Gasteiger partial charge in [0.2, 0.25) is 0 Å². The molecular weight excluding hydrogens is 416 g/mol. The highest BCUT2D eigenvalue weighted by Gasteiger charge is 2.18. The molecule has 0 radical (unpaired) electrons. The first-order valence-corrected chi connectivity index (χ1v) is 7.94. The summed E-state index contributed by atoms with van der Waals surface area (Å²) in [6.45, 7) is 1.05. The number of aromatic nitrogens is 4. The van der Waals surface area contributed by atoms with Crippen LogP contribution in [0.5, 0.6) is 0 Å². The number of halogens is 3. The van der Waals surface area contributed by atoms with Crippen LogP contribution in [0.25, 0.3) is 5.78 Å². The van der Waals surface area contributed by atoms with Crippen LogP contribution in [-0.2, 0) is 9.53 Å². The summed E-state index contributed by atoms with van der Waals surface area (Å²) >= 11 is 2.94. The molecule has 1 amide bonds. The van der Waals surface area contributed by atoms with Crippen molar-refractivity contribution >= 4 is 39.3 Å². The van der Waals surface area contributed by atoms with Crippen LogP contribution < -0.4 is 5.32 Å². The molecule has 11 heteroatoms. The van der Waals surface area contributed by atoms with E-state index in [9.17, 15) is 18.4 Å². The summed E-state index contributed by atoms with van der Waals surface area (Å²) in [6, 6.07) is 3.28. The molecule has 3 aromatic rings. The number of fused-ring (bicyclic) bond motifs is 1. The van der Waals surface area contributed by atoms with Gasteiger partial charge in [-0.05, 0) is 35.0 Å². The predicted molar refractivity (Wildman–Crippen MR) is 88.5 cm³/mol. The molecule has 0 spiro atoms. The molecule has 0 fully saturated rings. The molecule has 2 heterocycles. The Balaban J connectivity index is 1.65. The topological polar surface area (TPSA) is 98.5 Å². The van der Waals surface area contributed by atoms with E-state index < -0.39 is 30.1 Å². The van der Waals surface area contributed by atoms with Gasteiger partial charge >= 0.3 is 5.97 Å². The van der Waals surface area contributed by atoms with E-state index in [2.05, 4.69) is 36.3 Å². The normalized spacial score (nSPS) is 10.8. The fraction of sp³-hybridized carbons (Fsp3) is 0.133. The fourth-order valence-electron chi connectivity index (χ4n) is 2.03. The van der Waals surface area contributed by atoms with Crippen molar-refractivity contribution in [3.63, 3.8) is 0 Å². The Morgan fingerprint density at radius 2 is 2.12 bits per heavy atom. The van der Waals surface area contributed by atoms with Gasteiger partial charge in [0, 0.05) is 22.4 Å². The molecule has 8 nitrogen and oxygen atoms in total. The molecule has 0 saturated carbocycles. The third-order valence-electron chi connectivity index (χ3n) is 3.22. The van der Waals surface area contributed by atoms with Crippen molar-refractivity contribution in [2.75, 3.05) is 11.9 Å². The van der Waals surface area contributed by atoms with Crippen LogP contribution in [-0.4, -0.2) is 38.1 Å². The molecule has 0 unspecified atom stereocenters. The zero-order chi connectivity index (χ0) is 18.8. The number of anilines is 1. The van der Waals surface area contributed by atoms with Gasteiger partial charge in [0.25, 0.3) is 17.5 Å². The molecule has 0 atom stereocenters. The van der Waals surface area contributed by atoms with Crippen LogP contribution in [0.1, 0.15) is 16.3 Å². The molecule has 2 aromatic heterocycles. The smallest absolute Gasteiger partial charge is 0.378 e. The number of hydrogen-bond acceptors (Lipinski definition) is 6. The SMILES string of the molecule is Cc1ccnc2nc(C(=O)OCC(=O)Nc3c(F)cc(F)cc3Br)nn12. The first-order chi connectivity index (χ1) is 12.3. The highest BCUT2D eigenvalue weighted by Crippen LogP contribution is 2.26. The predicted octanol–water partition coefficient (Wildman–Crippen LogP) is 2.27. The lowest BCUT2D eigenvalue weighted by atomic mass is 10.3. The summed E-state index contributed by atoms with van der Waals surface area (Å²) in [5.74, 6) is -3.60. The van der Waals surface area contributed by atoms with Gasteiger partial charge in [-0.3, -0.25) is 4.79 Å². The Labute approximate surface area is 153 Å². The van der Waals surface area contributed by atoms with E-state index in [1.54, 1.807) is 13.0 Å². The Morgan fingerprint density at radius 1 is 1.35 bits per heavy atom. The second-order valence-electron chi connectivity index (χ2n) is 5.10.